The fourth-order valence-electron chi connectivity index (χ4n) is 4.16. The first-order valence-corrected chi connectivity index (χ1v) is 11.3. The molecule has 0 saturated carbocycles. The molecule has 0 saturated heterocycles. The molecule has 0 spiro atoms. The first-order valence-electron chi connectivity index (χ1n) is 11.3. The molecule has 0 radical (unpaired) electrons. The van der Waals surface area contributed by atoms with E-state index in [2.05, 4.69) is 35.1 Å². The number of alkyl carbamates (subject to hydrolysis) is 1. The van der Waals surface area contributed by atoms with Gasteiger partial charge in [0.15, 0.2) is 6.10 Å². The average Bonchev–Trinajstić information content (AvgIpc) is 3.19. The Morgan fingerprint density at radius 3 is 2.17 bits per heavy atom. The summed E-state index contributed by atoms with van der Waals surface area (Å²) in [6, 6.07) is 23.1. The number of carbonyl (C=O) groups is 3. The summed E-state index contributed by atoms with van der Waals surface area (Å²) in [6.07, 6.45) is -1.34. The smallest absolute Gasteiger partial charge is 0.407 e. The Kier molecular flexibility index (Phi) is 7.42. The van der Waals surface area contributed by atoms with E-state index in [9.17, 15) is 14.4 Å². The quantitative estimate of drug-likeness (QED) is 0.405. The number of ether oxygens (including phenoxy) is 1. The molecule has 8 heteroatoms. The first kappa shape index (κ1) is 24.0. The van der Waals surface area contributed by atoms with Crippen molar-refractivity contribution >= 4 is 18.0 Å². The number of carboxylic acids is 1. The standard InChI is InChI=1S/C27H26N2O6/c1-17(26(31)32)35-29-25(30)19-9-3-2-8-18(19)14-15-28-27(33)34-16-24-22-12-6-4-10-20(22)21-11-5-7-13-23(21)24/h2-13,17,24H,14-16H2,1H3,(H,28,33)(H,29,30)(H,31,32). The third-order valence-corrected chi connectivity index (χ3v) is 5.95. The summed E-state index contributed by atoms with van der Waals surface area (Å²) in [6.45, 7) is 1.79. The lowest BCUT2D eigenvalue weighted by molar-refractivity contribution is -0.152. The molecule has 2 amide bonds. The molecule has 8 nitrogen and oxygen atoms in total. The van der Waals surface area contributed by atoms with E-state index >= 15 is 0 Å². The van der Waals surface area contributed by atoms with Gasteiger partial charge in [0.25, 0.3) is 5.91 Å². The summed E-state index contributed by atoms with van der Waals surface area (Å²) in [7, 11) is 0. The van der Waals surface area contributed by atoms with Gasteiger partial charge < -0.3 is 15.2 Å². The minimum atomic E-state index is -1.19. The van der Waals surface area contributed by atoms with Crippen LogP contribution in [0, 0.1) is 0 Å². The van der Waals surface area contributed by atoms with Crippen LogP contribution in [-0.2, 0) is 20.8 Å². The van der Waals surface area contributed by atoms with Crippen molar-refractivity contribution in [2.24, 2.45) is 0 Å². The van der Waals surface area contributed by atoms with Gasteiger partial charge in [-0.25, -0.2) is 15.1 Å². The summed E-state index contributed by atoms with van der Waals surface area (Å²) in [4.78, 5) is 40.5. The van der Waals surface area contributed by atoms with Crippen LogP contribution in [0.4, 0.5) is 4.79 Å². The fourth-order valence-corrected chi connectivity index (χ4v) is 4.16. The molecule has 0 aliphatic heterocycles. The number of hydrogen-bond acceptors (Lipinski definition) is 5. The van der Waals surface area contributed by atoms with Gasteiger partial charge in [0.1, 0.15) is 6.61 Å². The van der Waals surface area contributed by atoms with E-state index in [1.54, 1.807) is 24.3 Å². The van der Waals surface area contributed by atoms with E-state index in [0.29, 0.717) is 17.5 Å². The van der Waals surface area contributed by atoms with Crippen LogP contribution in [0.1, 0.15) is 39.9 Å². The van der Waals surface area contributed by atoms with Crippen LogP contribution >= 0.6 is 0 Å². The summed E-state index contributed by atoms with van der Waals surface area (Å²) < 4.78 is 5.54. The molecule has 0 fully saturated rings. The van der Waals surface area contributed by atoms with Crippen LogP contribution in [0.2, 0.25) is 0 Å². The zero-order valence-corrected chi connectivity index (χ0v) is 19.2. The van der Waals surface area contributed by atoms with Crippen molar-refractivity contribution in [1.29, 1.82) is 0 Å². The van der Waals surface area contributed by atoms with Gasteiger partial charge in [-0.05, 0) is 47.2 Å². The predicted molar refractivity (Wildman–Crippen MR) is 129 cm³/mol. The van der Waals surface area contributed by atoms with Gasteiger partial charge in [0.05, 0.1) is 0 Å². The topological polar surface area (TPSA) is 114 Å². The lowest BCUT2D eigenvalue weighted by Gasteiger charge is -2.15. The van der Waals surface area contributed by atoms with E-state index in [1.165, 1.54) is 6.92 Å². The SMILES string of the molecule is CC(ONC(=O)c1ccccc1CCNC(=O)OCC1c2ccccc2-c2ccccc21)C(=O)O. The molecule has 0 bridgehead atoms. The first-order chi connectivity index (χ1) is 17.0. The molecule has 3 aromatic rings. The van der Waals surface area contributed by atoms with Crippen molar-refractivity contribution in [1.82, 2.24) is 10.8 Å². The molecule has 3 N–H and O–H groups in total. The Labute approximate surface area is 202 Å². The maximum Gasteiger partial charge on any atom is 0.407 e. The van der Waals surface area contributed by atoms with E-state index in [4.69, 9.17) is 14.7 Å². The monoisotopic (exact) mass is 474 g/mol. The van der Waals surface area contributed by atoms with E-state index in [-0.39, 0.29) is 19.1 Å². The number of fused-ring (bicyclic) bond motifs is 3. The molecule has 0 heterocycles. The Bertz CT molecular complexity index is 1200. The number of rotatable bonds is 9. The molecule has 1 aliphatic rings. The van der Waals surface area contributed by atoms with Gasteiger partial charge in [-0.3, -0.25) is 9.63 Å². The Morgan fingerprint density at radius 2 is 1.51 bits per heavy atom. The minimum absolute atomic E-state index is 0.0224. The highest BCUT2D eigenvalue weighted by molar-refractivity contribution is 5.95. The summed E-state index contributed by atoms with van der Waals surface area (Å²) in [5.41, 5.74) is 7.77. The number of hydroxylamine groups is 1. The third-order valence-electron chi connectivity index (χ3n) is 5.95. The van der Waals surface area contributed by atoms with Crippen LogP contribution < -0.4 is 10.8 Å². The molecule has 180 valence electrons. The lowest BCUT2D eigenvalue weighted by Crippen LogP contribution is -2.33. The van der Waals surface area contributed by atoms with Crippen molar-refractivity contribution < 1.29 is 29.1 Å². The van der Waals surface area contributed by atoms with Crippen molar-refractivity contribution in [3.05, 3.63) is 95.1 Å². The molecule has 4 rings (SSSR count). The fraction of sp³-hybridized carbons (Fsp3) is 0.222. The largest absolute Gasteiger partial charge is 0.479 e. The normalized spacial score (nSPS) is 12.8. The second-order valence-corrected chi connectivity index (χ2v) is 8.19. The second-order valence-electron chi connectivity index (χ2n) is 8.19. The van der Waals surface area contributed by atoms with Crippen LogP contribution in [-0.4, -0.2) is 42.3 Å². The molecule has 1 atom stereocenters. The number of hydrogen-bond donors (Lipinski definition) is 3. The molecule has 1 aliphatic carbocycles. The van der Waals surface area contributed by atoms with Gasteiger partial charge in [-0.15, -0.1) is 0 Å². The van der Waals surface area contributed by atoms with Crippen molar-refractivity contribution in [3.63, 3.8) is 0 Å². The Balaban J connectivity index is 1.30. The molecule has 35 heavy (non-hydrogen) atoms. The molecular weight excluding hydrogens is 448 g/mol. The van der Waals surface area contributed by atoms with Crippen molar-refractivity contribution in [3.8, 4) is 11.1 Å². The lowest BCUT2D eigenvalue weighted by atomic mass is 9.98. The molecule has 0 aromatic heterocycles. The van der Waals surface area contributed by atoms with E-state index in [0.717, 1.165) is 22.3 Å². The van der Waals surface area contributed by atoms with Crippen LogP contribution in [0.3, 0.4) is 0 Å². The molecular formula is C27H26N2O6. The van der Waals surface area contributed by atoms with Crippen LogP contribution in [0.15, 0.2) is 72.8 Å². The van der Waals surface area contributed by atoms with Crippen LogP contribution in [0.5, 0.6) is 0 Å². The number of benzene rings is 3. The zero-order valence-electron chi connectivity index (χ0n) is 19.2. The summed E-state index contributed by atoms with van der Waals surface area (Å²) in [5, 5.41) is 11.6. The Hall–Kier alpha value is -4.17. The number of carboxylic acid groups (broad SMARTS) is 1. The van der Waals surface area contributed by atoms with E-state index in [1.807, 2.05) is 24.3 Å². The van der Waals surface area contributed by atoms with E-state index < -0.39 is 24.1 Å². The third kappa shape index (κ3) is 5.50. The van der Waals surface area contributed by atoms with Gasteiger partial charge >= 0.3 is 12.1 Å². The zero-order chi connectivity index (χ0) is 24.8. The summed E-state index contributed by atoms with van der Waals surface area (Å²) in [5.74, 6) is -1.77. The number of nitrogens with one attached hydrogen (secondary N) is 2. The van der Waals surface area contributed by atoms with Crippen molar-refractivity contribution in [2.45, 2.75) is 25.4 Å². The predicted octanol–water partition coefficient (Wildman–Crippen LogP) is 3.90. The average molecular weight is 475 g/mol. The van der Waals surface area contributed by atoms with Crippen molar-refractivity contribution in [2.75, 3.05) is 13.2 Å². The number of aliphatic carboxylic acids is 1. The minimum Gasteiger partial charge on any atom is -0.479 e. The molecule has 1 unspecified atom stereocenters. The van der Waals surface area contributed by atoms with Crippen LogP contribution in [0.25, 0.3) is 11.1 Å². The maximum atomic E-state index is 12.4. The van der Waals surface area contributed by atoms with Gasteiger partial charge in [-0.1, -0.05) is 66.7 Å². The highest BCUT2D eigenvalue weighted by atomic mass is 16.7. The van der Waals surface area contributed by atoms with Gasteiger partial charge in [0, 0.05) is 18.0 Å². The second kappa shape index (κ2) is 10.8. The van der Waals surface area contributed by atoms with Gasteiger partial charge in [-0.2, -0.15) is 0 Å². The molecule has 3 aromatic carbocycles. The Morgan fingerprint density at radius 1 is 0.914 bits per heavy atom. The highest BCUT2D eigenvalue weighted by Gasteiger charge is 2.29. The maximum absolute atomic E-state index is 12.4. The highest BCUT2D eigenvalue weighted by Crippen LogP contribution is 2.44. The number of amides is 2. The summed E-state index contributed by atoms with van der Waals surface area (Å²) >= 11 is 0. The number of carbonyl (C=O) groups excluding carboxylic acids is 2. The van der Waals surface area contributed by atoms with Gasteiger partial charge in [0.2, 0.25) is 0 Å².